The second kappa shape index (κ2) is 9.45. The van der Waals surface area contributed by atoms with Crippen LogP contribution in [0.15, 0.2) is 53.3 Å². The summed E-state index contributed by atoms with van der Waals surface area (Å²) in [5.41, 5.74) is 1.50. The van der Waals surface area contributed by atoms with Gasteiger partial charge in [-0.2, -0.15) is 5.10 Å². The maximum absolute atomic E-state index is 12.6. The Hall–Kier alpha value is -3.32. The molecule has 0 aliphatic carbocycles. The van der Waals surface area contributed by atoms with E-state index in [1.54, 1.807) is 45.4 Å². The standard InChI is InChI=1S/C22H22ClN3O4/c1-14-12-18(27)21(25-26(14)17-7-5-4-6-16(17)23)22(28)24-11-10-15-8-9-19(29-2)20(13-15)30-3/h4-9,12-13H,10-11H2,1-3H3,(H,24,28). The van der Waals surface area contributed by atoms with Crippen LogP contribution in [0.2, 0.25) is 5.02 Å². The highest BCUT2D eigenvalue weighted by Crippen LogP contribution is 2.27. The predicted molar refractivity (Wildman–Crippen MR) is 115 cm³/mol. The maximum Gasteiger partial charge on any atom is 0.275 e. The fourth-order valence-electron chi connectivity index (χ4n) is 3.01. The van der Waals surface area contributed by atoms with Crippen molar-refractivity contribution in [1.82, 2.24) is 15.1 Å². The van der Waals surface area contributed by atoms with Crippen LogP contribution in [0.5, 0.6) is 11.5 Å². The molecule has 0 radical (unpaired) electrons. The number of carbonyl (C=O) groups excluding carboxylic acids is 1. The van der Waals surface area contributed by atoms with E-state index in [4.69, 9.17) is 21.1 Å². The van der Waals surface area contributed by atoms with Gasteiger partial charge in [0.25, 0.3) is 5.91 Å². The van der Waals surface area contributed by atoms with E-state index in [9.17, 15) is 9.59 Å². The smallest absolute Gasteiger partial charge is 0.275 e. The molecule has 0 saturated carbocycles. The van der Waals surface area contributed by atoms with Crippen LogP contribution in [0.4, 0.5) is 0 Å². The quantitative estimate of drug-likeness (QED) is 0.626. The largest absolute Gasteiger partial charge is 0.493 e. The van der Waals surface area contributed by atoms with Gasteiger partial charge in [-0.1, -0.05) is 29.8 Å². The van der Waals surface area contributed by atoms with Crippen LogP contribution in [0.3, 0.4) is 0 Å². The van der Waals surface area contributed by atoms with E-state index in [2.05, 4.69) is 10.4 Å². The van der Waals surface area contributed by atoms with Crippen LogP contribution >= 0.6 is 11.6 Å². The van der Waals surface area contributed by atoms with Crippen LogP contribution in [0.1, 0.15) is 21.7 Å². The molecule has 30 heavy (non-hydrogen) atoms. The first-order chi connectivity index (χ1) is 14.4. The number of hydrogen-bond acceptors (Lipinski definition) is 5. The van der Waals surface area contributed by atoms with Gasteiger partial charge in [0.05, 0.1) is 24.9 Å². The van der Waals surface area contributed by atoms with E-state index < -0.39 is 11.3 Å². The Morgan fingerprint density at radius 3 is 2.53 bits per heavy atom. The monoisotopic (exact) mass is 427 g/mol. The molecule has 0 bridgehead atoms. The van der Waals surface area contributed by atoms with Crippen molar-refractivity contribution in [2.45, 2.75) is 13.3 Å². The first-order valence-electron chi connectivity index (χ1n) is 9.29. The van der Waals surface area contributed by atoms with E-state index in [0.717, 1.165) is 5.56 Å². The molecule has 0 aliphatic heterocycles. The lowest BCUT2D eigenvalue weighted by Crippen LogP contribution is -2.33. The number of rotatable bonds is 7. The molecule has 0 unspecified atom stereocenters. The number of hydrogen-bond donors (Lipinski definition) is 1. The van der Waals surface area contributed by atoms with Gasteiger partial charge in [-0.25, -0.2) is 4.68 Å². The fourth-order valence-corrected chi connectivity index (χ4v) is 3.23. The summed E-state index contributed by atoms with van der Waals surface area (Å²) >= 11 is 6.24. The minimum absolute atomic E-state index is 0.187. The van der Waals surface area contributed by atoms with Gasteiger partial charge >= 0.3 is 0 Å². The lowest BCUT2D eigenvalue weighted by Gasteiger charge is -2.13. The molecule has 0 spiro atoms. The molecule has 2 aromatic carbocycles. The first kappa shape index (κ1) is 21.4. The zero-order valence-electron chi connectivity index (χ0n) is 16.9. The number of nitrogens with zero attached hydrogens (tertiary/aromatic N) is 2. The summed E-state index contributed by atoms with van der Waals surface area (Å²) in [4.78, 5) is 24.9. The third-order valence-corrected chi connectivity index (χ3v) is 4.87. The first-order valence-corrected chi connectivity index (χ1v) is 9.67. The lowest BCUT2D eigenvalue weighted by atomic mass is 10.1. The average molecular weight is 428 g/mol. The number of amides is 1. The van der Waals surface area contributed by atoms with Gasteiger partial charge < -0.3 is 14.8 Å². The van der Waals surface area contributed by atoms with Crippen LogP contribution in [0, 0.1) is 6.92 Å². The highest BCUT2D eigenvalue weighted by atomic mass is 35.5. The topological polar surface area (TPSA) is 82.5 Å². The van der Waals surface area contributed by atoms with Crippen molar-refractivity contribution in [3.63, 3.8) is 0 Å². The summed E-state index contributed by atoms with van der Waals surface area (Å²) in [5.74, 6) is 0.708. The van der Waals surface area contributed by atoms with Gasteiger partial charge in [0.2, 0.25) is 5.43 Å². The number of methoxy groups -OCH3 is 2. The van der Waals surface area contributed by atoms with Gasteiger partial charge in [-0.3, -0.25) is 9.59 Å². The molecule has 7 nitrogen and oxygen atoms in total. The molecule has 3 aromatic rings. The third-order valence-electron chi connectivity index (χ3n) is 4.55. The predicted octanol–water partition coefficient (Wildman–Crippen LogP) is 3.18. The van der Waals surface area contributed by atoms with Crippen LogP contribution in [-0.4, -0.2) is 36.5 Å². The van der Waals surface area contributed by atoms with Crippen LogP contribution in [-0.2, 0) is 6.42 Å². The molecule has 0 fully saturated rings. The average Bonchev–Trinajstić information content (AvgIpc) is 2.74. The van der Waals surface area contributed by atoms with Gasteiger partial charge in [0.15, 0.2) is 17.2 Å². The zero-order chi connectivity index (χ0) is 21.7. The summed E-state index contributed by atoms with van der Waals surface area (Å²) in [6, 6.07) is 14.0. The molecule has 1 aromatic heterocycles. The lowest BCUT2D eigenvalue weighted by molar-refractivity contribution is 0.0946. The fraction of sp³-hybridized carbons (Fsp3) is 0.227. The Balaban J connectivity index is 1.75. The third kappa shape index (κ3) is 4.63. The molecule has 3 rings (SSSR count). The maximum atomic E-state index is 12.6. The summed E-state index contributed by atoms with van der Waals surface area (Å²) in [6.07, 6.45) is 0.552. The zero-order valence-corrected chi connectivity index (χ0v) is 17.7. The molecule has 0 atom stereocenters. The summed E-state index contributed by atoms with van der Waals surface area (Å²) in [5, 5.41) is 7.47. The Kier molecular flexibility index (Phi) is 6.74. The molecular weight excluding hydrogens is 406 g/mol. The van der Waals surface area contributed by atoms with Crippen molar-refractivity contribution in [2.75, 3.05) is 20.8 Å². The Bertz CT molecular complexity index is 1130. The highest BCUT2D eigenvalue weighted by Gasteiger charge is 2.16. The molecule has 0 saturated heterocycles. The van der Waals surface area contributed by atoms with E-state index in [1.165, 1.54) is 10.7 Å². The number of aryl methyl sites for hydroxylation is 1. The Labute approximate surface area is 179 Å². The second-order valence-electron chi connectivity index (χ2n) is 6.56. The van der Waals surface area contributed by atoms with Crippen molar-refractivity contribution in [3.05, 3.63) is 80.7 Å². The number of nitrogens with one attached hydrogen (secondary N) is 1. The SMILES string of the molecule is COc1ccc(CCNC(=O)c2nn(-c3ccccc3Cl)c(C)cc2=O)cc1OC. The van der Waals surface area contributed by atoms with Crippen molar-refractivity contribution >= 4 is 17.5 Å². The molecular formula is C22H22ClN3O4. The summed E-state index contributed by atoms with van der Waals surface area (Å²) < 4.78 is 12.0. The van der Waals surface area contributed by atoms with Crippen molar-refractivity contribution in [3.8, 4) is 17.2 Å². The van der Waals surface area contributed by atoms with Gasteiger partial charge in [0, 0.05) is 18.3 Å². The molecule has 156 valence electrons. The Morgan fingerprint density at radius 2 is 1.83 bits per heavy atom. The number of halogens is 1. The van der Waals surface area contributed by atoms with Gasteiger partial charge in [-0.05, 0) is 43.2 Å². The van der Waals surface area contributed by atoms with Crippen molar-refractivity contribution in [1.29, 1.82) is 0 Å². The van der Waals surface area contributed by atoms with Crippen LogP contribution in [0.25, 0.3) is 5.69 Å². The summed E-state index contributed by atoms with van der Waals surface area (Å²) in [6.45, 7) is 2.06. The normalized spacial score (nSPS) is 10.5. The number of benzene rings is 2. The molecule has 1 heterocycles. The van der Waals surface area contributed by atoms with Gasteiger partial charge in [-0.15, -0.1) is 0 Å². The van der Waals surface area contributed by atoms with Gasteiger partial charge in [0.1, 0.15) is 0 Å². The number of aromatic nitrogens is 2. The van der Waals surface area contributed by atoms with Crippen molar-refractivity contribution in [2.24, 2.45) is 0 Å². The second-order valence-corrected chi connectivity index (χ2v) is 6.96. The molecule has 0 aliphatic rings. The number of carbonyl (C=O) groups is 1. The van der Waals surface area contributed by atoms with E-state index in [-0.39, 0.29) is 5.69 Å². The van der Waals surface area contributed by atoms with E-state index in [0.29, 0.717) is 40.9 Å². The molecule has 1 N–H and O–H groups in total. The minimum Gasteiger partial charge on any atom is -0.493 e. The van der Waals surface area contributed by atoms with Crippen LogP contribution < -0.4 is 20.2 Å². The highest BCUT2D eigenvalue weighted by molar-refractivity contribution is 6.32. The van der Waals surface area contributed by atoms with E-state index >= 15 is 0 Å². The van der Waals surface area contributed by atoms with Crippen molar-refractivity contribution < 1.29 is 14.3 Å². The summed E-state index contributed by atoms with van der Waals surface area (Å²) in [7, 11) is 3.14. The molecule has 8 heteroatoms. The molecule has 1 amide bonds. The number of para-hydroxylation sites is 1. The number of ether oxygens (including phenoxy) is 2. The Morgan fingerprint density at radius 1 is 1.10 bits per heavy atom. The van der Waals surface area contributed by atoms with E-state index in [1.807, 2.05) is 18.2 Å². The minimum atomic E-state index is -0.540.